The summed E-state index contributed by atoms with van der Waals surface area (Å²) in [6, 6.07) is 7.91. The number of carbonyl (C=O) groups is 1. The number of pyridine rings is 1. The van der Waals surface area contributed by atoms with Gasteiger partial charge in [0.2, 0.25) is 0 Å². The van der Waals surface area contributed by atoms with Gasteiger partial charge in [0.1, 0.15) is 0 Å². The van der Waals surface area contributed by atoms with Gasteiger partial charge in [-0.3, -0.25) is 9.78 Å². The number of rotatable bonds is 5. The van der Waals surface area contributed by atoms with Crippen LogP contribution in [0.5, 0.6) is 0 Å². The molecule has 2 aliphatic heterocycles. The first-order valence-electron chi connectivity index (χ1n) is 11.6. The van der Waals surface area contributed by atoms with E-state index in [4.69, 9.17) is 21.3 Å². The van der Waals surface area contributed by atoms with Gasteiger partial charge in [-0.1, -0.05) is 17.7 Å². The first kappa shape index (κ1) is 22.1. The molecule has 2 saturated heterocycles. The molecule has 1 aromatic heterocycles. The second-order valence-electron chi connectivity index (χ2n) is 9.28. The van der Waals surface area contributed by atoms with Crippen LogP contribution in [0.15, 0.2) is 35.4 Å². The Bertz CT molecular complexity index is 995. The Balaban J connectivity index is 1.48. The quantitative estimate of drug-likeness (QED) is 0.543. The third-order valence-corrected chi connectivity index (χ3v) is 8.42. The number of amides is 1. The lowest BCUT2D eigenvalue weighted by Gasteiger charge is -2.35. The van der Waals surface area contributed by atoms with Crippen LogP contribution in [0.3, 0.4) is 0 Å². The highest BCUT2D eigenvalue weighted by Gasteiger charge is 2.45. The summed E-state index contributed by atoms with van der Waals surface area (Å²) in [5.74, 6) is 0.0680. The number of benzene rings is 1. The van der Waals surface area contributed by atoms with Gasteiger partial charge in [-0.25, -0.2) is 0 Å². The minimum Gasteiger partial charge on any atom is -0.381 e. The van der Waals surface area contributed by atoms with E-state index in [9.17, 15) is 4.79 Å². The number of nitrogens with one attached hydrogen (secondary N) is 1. The van der Waals surface area contributed by atoms with E-state index in [1.54, 1.807) is 11.8 Å². The zero-order valence-corrected chi connectivity index (χ0v) is 20.1. The molecule has 5 nitrogen and oxygen atoms in total. The van der Waals surface area contributed by atoms with Crippen LogP contribution in [-0.2, 0) is 4.74 Å². The monoisotopic (exact) mass is 471 g/mol. The van der Waals surface area contributed by atoms with Crippen molar-refractivity contribution in [1.29, 1.82) is 0 Å². The number of aromatic nitrogens is 1. The Hall–Kier alpha value is -1.76. The van der Waals surface area contributed by atoms with Crippen molar-refractivity contribution >= 4 is 40.6 Å². The minimum absolute atomic E-state index is 0.161. The fourth-order valence-electron chi connectivity index (χ4n) is 5.00. The van der Waals surface area contributed by atoms with Gasteiger partial charge in [0.25, 0.3) is 5.91 Å². The van der Waals surface area contributed by atoms with Gasteiger partial charge in [0, 0.05) is 42.8 Å². The van der Waals surface area contributed by atoms with E-state index < -0.39 is 0 Å². The Morgan fingerprint density at radius 1 is 1.22 bits per heavy atom. The van der Waals surface area contributed by atoms with E-state index in [2.05, 4.69) is 10.2 Å². The third-order valence-electron chi connectivity index (χ3n) is 7.31. The van der Waals surface area contributed by atoms with Gasteiger partial charge in [0.15, 0.2) is 0 Å². The summed E-state index contributed by atoms with van der Waals surface area (Å²) >= 11 is 8.61. The van der Waals surface area contributed by atoms with Crippen molar-refractivity contribution in [1.82, 2.24) is 4.98 Å². The van der Waals surface area contributed by atoms with Gasteiger partial charge in [0.05, 0.1) is 28.2 Å². The van der Waals surface area contributed by atoms with Crippen molar-refractivity contribution in [3.05, 3.63) is 46.7 Å². The molecule has 1 saturated carbocycles. The van der Waals surface area contributed by atoms with Gasteiger partial charge >= 0.3 is 0 Å². The Morgan fingerprint density at radius 2 is 1.97 bits per heavy atom. The number of carbonyl (C=O) groups excluding carboxylic acids is 1. The summed E-state index contributed by atoms with van der Waals surface area (Å²) in [5, 5.41) is 3.60. The lowest BCUT2D eigenvalue weighted by molar-refractivity contribution is 0.0845. The predicted molar refractivity (Wildman–Crippen MR) is 131 cm³/mol. The van der Waals surface area contributed by atoms with Crippen LogP contribution in [0.25, 0.3) is 0 Å². The summed E-state index contributed by atoms with van der Waals surface area (Å²) in [6.45, 7) is 3.33. The largest absolute Gasteiger partial charge is 0.381 e. The van der Waals surface area contributed by atoms with Crippen LogP contribution in [0, 0.1) is 5.41 Å². The van der Waals surface area contributed by atoms with E-state index >= 15 is 0 Å². The van der Waals surface area contributed by atoms with Gasteiger partial charge in [-0.2, -0.15) is 0 Å². The Morgan fingerprint density at radius 3 is 2.66 bits per heavy atom. The molecule has 2 aromatic rings. The minimum atomic E-state index is -0.161. The van der Waals surface area contributed by atoms with E-state index in [0.29, 0.717) is 29.2 Å². The standard InChI is InChI=1S/C25H30ClN3O2S/c1-32-19-4-2-3-18(15-19)28-24(30)21-20(29-11-9-25(7-8-25)10-12-29)16-27-23(22(21)26)17-5-13-31-14-6-17/h2-4,15-17H,5-14H2,1H3,(H,28,30). The van der Waals surface area contributed by atoms with E-state index in [0.717, 1.165) is 47.9 Å². The van der Waals surface area contributed by atoms with Crippen molar-refractivity contribution in [2.24, 2.45) is 5.41 Å². The Kier molecular flexibility index (Phi) is 6.37. The molecule has 1 spiro atoms. The summed E-state index contributed by atoms with van der Waals surface area (Å²) in [4.78, 5) is 21.8. The van der Waals surface area contributed by atoms with Crippen LogP contribution in [0.2, 0.25) is 5.02 Å². The third kappa shape index (κ3) is 4.50. The number of hydrogen-bond donors (Lipinski definition) is 1. The maximum atomic E-state index is 13.6. The molecule has 170 valence electrons. The summed E-state index contributed by atoms with van der Waals surface area (Å²) in [7, 11) is 0. The highest BCUT2D eigenvalue weighted by molar-refractivity contribution is 7.98. The zero-order valence-electron chi connectivity index (χ0n) is 18.5. The number of piperidine rings is 1. The molecule has 1 aliphatic carbocycles. The average Bonchev–Trinajstić information content (AvgIpc) is 3.58. The number of halogens is 1. The molecule has 3 heterocycles. The fourth-order valence-corrected chi connectivity index (χ4v) is 5.84. The average molecular weight is 472 g/mol. The van der Waals surface area contributed by atoms with Crippen LogP contribution in [0.4, 0.5) is 11.4 Å². The lowest BCUT2D eigenvalue weighted by atomic mass is 9.92. The van der Waals surface area contributed by atoms with Gasteiger partial charge in [-0.05, 0) is 68.4 Å². The normalized spacial score (nSPS) is 20.4. The maximum absolute atomic E-state index is 13.6. The molecule has 1 aromatic carbocycles. The van der Waals surface area contributed by atoms with Gasteiger partial charge in [-0.15, -0.1) is 11.8 Å². The second kappa shape index (κ2) is 9.24. The number of nitrogens with zero attached hydrogens (tertiary/aromatic N) is 2. The lowest BCUT2D eigenvalue weighted by Crippen LogP contribution is -2.36. The fraction of sp³-hybridized carbons (Fsp3) is 0.520. The first-order valence-corrected chi connectivity index (χ1v) is 13.2. The van der Waals surface area contributed by atoms with Crippen molar-refractivity contribution in [3.63, 3.8) is 0 Å². The van der Waals surface area contributed by atoms with Crippen molar-refractivity contribution in [2.75, 3.05) is 42.8 Å². The molecule has 5 rings (SSSR count). The summed E-state index contributed by atoms with van der Waals surface area (Å²) in [5.41, 5.74) is 3.60. The molecule has 0 atom stereocenters. The molecule has 0 bridgehead atoms. The first-order chi connectivity index (χ1) is 15.6. The van der Waals surface area contributed by atoms with Crippen LogP contribution in [0.1, 0.15) is 60.5 Å². The number of hydrogen-bond acceptors (Lipinski definition) is 5. The SMILES string of the molecule is CSc1cccc(NC(=O)c2c(N3CCC4(CC3)CC4)cnc(C3CCOCC3)c2Cl)c1. The maximum Gasteiger partial charge on any atom is 0.259 e. The van der Waals surface area contributed by atoms with Crippen molar-refractivity contribution < 1.29 is 9.53 Å². The molecular weight excluding hydrogens is 442 g/mol. The van der Waals surface area contributed by atoms with Crippen LogP contribution in [-0.4, -0.2) is 43.5 Å². The highest BCUT2D eigenvalue weighted by atomic mass is 35.5. The molecule has 0 unspecified atom stereocenters. The zero-order chi connectivity index (χ0) is 22.1. The summed E-state index contributed by atoms with van der Waals surface area (Å²) in [6.07, 6.45) is 10.7. The molecular formula is C25H30ClN3O2S. The van der Waals surface area contributed by atoms with Gasteiger partial charge < -0.3 is 15.0 Å². The smallest absolute Gasteiger partial charge is 0.259 e. The van der Waals surface area contributed by atoms with Crippen LogP contribution >= 0.6 is 23.4 Å². The topological polar surface area (TPSA) is 54.5 Å². The second-order valence-corrected chi connectivity index (χ2v) is 10.5. The van der Waals surface area contributed by atoms with E-state index in [-0.39, 0.29) is 11.8 Å². The number of ether oxygens (including phenoxy) is 1. The van der Waals surface area contributed by atoms with E-state index in [1.165, 1.54) is 25.7 Å². The highest BCUT2D eigenvalue weighted by Crippen LogP contribution is 2.54. The molecule has 1 amide bonds. The Labute approximate surface area is 199 Å². The molecule has 0 radical (unpaired) electrons. The van der Waals surface area contributed by atoms with E-state index in [1.807, 2.05) is 36.7 Å². The molecule has 1 N–H and O–H groups in total. The predicted octanol–water partition coefficient (Wildman–Crippen LogP) is 5.98. The molecule has 3 aliphatic rings. The van der Waals surface area contributed by atoms with Crippen molar-refractivity contribution in [2.45, 2.75) is 49.3 Å². The number of anilines is 2. The molecule has 32 heavy (non-hydrogen) atoms. The van der Waals surface area contributed by atoms with Crippen molar-refractivity contribution in [3.8, 4) is 0 Å². The molecule has 3 fully saturated rings. The molecule has 7 heteroatoms. The summed E-state index contributed by atoms with van der Waals surface area (Å²) < 4.78 is 5.52. The number of thioether (sulfide) groups is 1. The van der Waals surface area contributed by atoms with Crippen LogP contribution < -0.4 is 10.2 Å².